The summed E-state index contributed by atoms with van der Waals surface area (Å²) in [4.78, 5) is 0.304. The average molecular weight is 312 g/mol. The van der Waals surface area contributed by atoms with Crippen LogP contribution in [0.25, 0.3) is 0 Å². The van der Waals surface area contributed by atoms with Crippen molar-refractivity contribution in [1.29, 1.82) is 0 Å². The Kier molecular flexibility index (Phi) is 4.72. The number of nitrogens with zero attached hydrogens (tertiary/aromatic N) is 1. The number of aliphatic hydroxyl groups is 1. The summed E-state index contributed by atoms with van der Waals surface area (Å²) in [6.45, 7) is 4.85. The first-order chi connectivity index (χ1) is 9.76. The Morgan fingerprint density at radius 1 is 1.33 bits per heavy atom. The minimum Gasteiger partial charge on any atom is -0.390 e. The molecule has 1 aromatic carbocycles. The second-order valence-corrected chi connectivity index (χ2v) is 7.98. The summed E-state index contributed by atoms with van der Waals surface area (Å²) >= 11 is 0. The molecular formula is C15H24N2O3S. The highest BCUT2D eigenvalue weighted by Crippen LogP contribution is 2.26. The van der Waals surface area contributed by atoms with E-state index in [4.69, 9.17) is 5.73 Å². The Balaban J connectivity index is 2.27. The zero-order valence-corrected chi connectivity index (χ0v) is 13.5. The predicted molar refractivity (Wildman–Crippen MR) is 82.3 cm³/mol. The molecule has 0 radical (unpaired) electrons. The number of sulfonamides is 1. The molecule has 0 aromatic heterocycles. The number of rotatable bonds is 3. The third-order valence-electron chi connectivity index (χ3n) is 4.19. The second kappa shape index (κ2) is 6.04. The molecule has 0 amide bonds. The van der Waals surface area contributed by atoms with Crippen molar-refractivity contribution in [3.63, 3.8) is 0 Å². The van der Waals surface area contributed by atoms with Gasteiger partial charge in [0.1, 0.15) is 0 Å². The van der Waals surface area contributed by atoms with Gasteiger partial charge >= 0.3 is 0 Å². The molecule has 5 nitrogen and oxygen atoms in total. The Hall–Kier alpha value is -0.950. The van der Waals surface area contributed by atoms with Crippen LogP contribution in [0.15, 0.2) is 23.1 Å². The molecule has 0 spiro atoms. The largest absolute Gasteiger partial charge is 0.390 e. The van der Waals surface area contributed by atoms with Gasteiger partial charge in [0.15, 0.2) is 0 Å². The smallest absolute Gasteiger partial charge is 0.243 e. The lowest BCUT2D eigenvalue weighted by atomic mass is 9.98. The first kappa shape index (κ1) is 16.4. The lowest BCUT2D eigenvalue weighted by molar-refractivity contribution is 0.0465. The second-order valence-electron chi connectivity index (χ2n) is 6.05. The molecule has 1 aliphatic rings. The van der Waals surface area contributed by atoms with Crippen LogP contribution in [0, 0.1) is 6.92 Å². The maximum Gasteiger partial charge on any atom is 0.243 e. The van der Waals surface area contributed by atoms with E-state index in [0.717, 1.165) is 11.1 Å². The van der Waals surface area contributed by atoms with E-state index in [0.29, 0.717) is 43.8 Å². The van der Waals surface area contributed by atoms with Gasteiger partial charge in [-0.05, 0) is 56.4 Å². The zero-order chi connectivity index (χ0) is 15.7. The van der Waals surface area contributed by atoms with E-state index >= 15 is 0 Å². The Morgan fingerprint density at radius 3 is 2.67 bits per heavy atom. The van der Waals surface area contributed by atoms with E-state index in [1.54, 1.807) is 25.1 Å². The molecule has 0 aliphatic carbocycles. The van der Waals surface area contributed by atoms with Gasteiger partial charge < -0.3 is 10.8 Å². The maximum absolute atomic E-state index is 12.7. The van der Waals surface area contributed by atoms with Crippen molar-refractivity contribution in [1.82, 2.24) is 4.31 Å². The molecule has 1 heterocycles. The van der Waals surface area contributed by atoms with Crippen LogP contribution in [-0.2, 0) is 16.6 Å². The van der Waals surface area contributed by atoms with Crippen LogP contribution in [0.2, 0.25) is 0 Å². The standard InChI is InChI=1S/C15H24N2O3S/c1-12-10-14(5-4-13(12)11-16)21(19,20)17-8-3-6-15(2,18)7-9-17/h4-5,10,18H,3,6-9,11,16H2,1-2H3. The molecule has 1 aliphatic heterocycles. The van der Waals surface area contributed by atoms with Crippen LogP contribution in [0.4, 0.5) is 0 Å². The molecule has 1 saturated heterocycles. The van der Waals surface area contributed by atoms with E-state index < -0.39 is 15.6 Å². The molecule has 1 aromatic rings. The van der Waals surface area contributed by atoms with Crippen LogP contribution < -0.4 is 5.73 Å². The molecule has 2 rings (SSSR count). The predicted octanol–water partition coefficient (Wildman–Crippen LogP) is 1.38. The lowest BCUT2D eigenvalue weighted by Crippen LogP contribution is -2.33. The SMILES string of the molecule is Cc1cc(S(=O)(=O)N2CCCC(C)(O)CC2)ccc1CN. The molecular weight excluding hydrogens is 288 g/mol. The summed E-state index contributed by atoms with van der Waals surface area (Å²) < 4.78 is 26.9. The van der Waals surface area contributed by atoms with Crippen LogP contribution >= 0.6 is 0 Å². The van der Waals surface area contributed by atoms with E-state index in [-0.39, 0.29) is 0 Å². The van der Waals surface area contributed by atoms with Gasteiger partial charge in [0.25, 0.3) is 0 Å². The van der Waals surface area contributed by atoms with Gasteiger partial charge in [0, 0.05) is 19.6 Å². The van der Waals surface area contributed by atoms with Crippen LogP contribution in [0.3, 0.4) is 0 Å². The fourth-order valence-electron chi connectivity index (χ4n) is 2.69. The number of hydrogen-bond acceptors (Lipinski definition) is 4. The summed E-state index contributed by atoms with van der Waals surface area (Å²) in [6, 6.07) is 5.07. The van der Waals surface area contributed by atoms with Crippen molar-refractivity contribution < 1.29 is 13.5 Å². The molecule has 0 bridgehead atoms. The molecule has 1 fully saturated rings. The Labute approximate surface area is 126 Å². The normalized spacial score (nSPS) is 24.8. The van der Waals surface area contributed by atoms with Crippen molar-refractivity contribution >= 4 is 10.0 Å². The van der Waals surface area contributed by atoms with E-state index in [9.17, 15) is 13.5 Å². The minimum absolute atomic E-state index is 0.304. The van der Waals surface area contributed by atoms with Gasteiger partial charge in [-0.25, -0.2) is 8.42 Å². The van der Waals surface area contributed by atoms with Crippen molar-refractivity contribution in [2.75, 3.05) is 13.1 Å². The third kappa shape index (κ3) is 3.63. The lowest BCUT2D eigenvalue weighted by Gasteiger charge is -2.22. The highest BCUT2D eigenvalue weighted by Gasteiger charge is 2.31. The summed E-state index contributed by atoms with van der Waals surface area (Å²) in [5.74, 6) is 0. The van der Waals surface area contributed by atoms with Gasteiger partial charge in [-0.3, -0.25) is 0 Å². The highest BCUT2D eigenvalue weighted by atomic mass is 32.2. The van der Waals surface area contributed by atoms with E-state index in [2.05, 4.69) is 0 Å². The number of benzene rings is 1. The number of nitrogens with two attached hydrogens (primary N) is 1. The van der Waals surface area contributed by atoms with Crippen molar-refractivity contribution in [2.45, 2.75) is 50.2 Å². The van der Waals surface area contributed by atoms with Crippen LogP contribution in [0.5, 0.6) is 0 Å². The molecule has 6 heteroatoms. The number of hydrogen-bond donors (Lipinski definition) is 2. The van der Waals surface area contributed by atoms with Crippen LogP contribution in [-0.4, -0.2) is 36.5 Å². The van der Waals surface area contributed by atoms with Gasteiger partial charge in [0.05, 0.1) is 10.5 Å². The Morgan fingerprint density at radius 2 is 2.05 bits per heavy atom. The summed E-state index contributed by atoms with van der Waals surface area (Å²) in [7, 11) is -3.50. The molecule has 1 atom stereocenters. The number of aryl methyl sites for hydroxylation is 1. The minimum atomic E-state index is -3.50. The fourth-order valence-corrected chi connectivity index (χ4v) is 4.25. The molecule has 1 unspecified atom stereocenters. The van der Waals surface area contributed by atoms with E-state index in [1.165, 1.54) is 4.31 Å². The maximum atomic E-state index is 12.7. The summed E-state index contributed by atoms with van der Waals surface area (Å²) in [6.07, 6.45) is 1.77. The van der Waals surface area contributed by atoms with Gasteiger partial charge in [0.2, 0.25) is 10.0 Å². The molecule has 0 saturated carbocycles. The Bertz CT molecular complexity index is 611. The molecule has 118 valence electrons. The third-order valence-corrected chi connectivity index (χ3v) is 6.09. The first-order valence-electron chi connectivity index (χ1n) is 7.28. The van der Waals surface area contributed by atoms with Crippen LogP contribution in [0.1, 0.15) is 37.3 Å². The fraction of sp³-hybridized carbons (Fsp3) is 0.600. The monoisotopic (exact) mass is 312 g/mol. The summed E-state index contributed by atoms with van der Waals surface area (Å²) in [5.41, 5.74) is 6.68. The topological polar surface area (TPSA) is 83.6 Å². The quantitative estimate of drug-likeness (QED) is 0.883. The summed E-state index contributed by atoms with van der Waals surface area (Å²) in [5, 5.41) is 10.1. The zero-order valence-electron chi connectivity index (χ0n) is 12.7. The van der Waals surface area contributed by atoms with Crippen molar-refractivity contribution in [2.24, 2.45) is 5.73 Å². The van der Waals surface area contributed by atoms with Crippen molar-refractivity contribution in [3.8, 4) is 0 Å². The van der Waals surface area contributed by atoms with Gasteiger partial charge in [-0.15, -0.1) is 0 Å². The average Bonchev–Trinajstić information content (AvgIpc) is 2.60. The van der Waals surface area contributed by atoms with E-state index in [1.807, 2.05) is 6.92 Å². The molecule has 21 heavy (non-hydrogen) atoms. The first-order valence-corrected chi connectivity index (χ1v) is 8.72. The molecule has 3 N–H and O–H groups in total. The highest BCUT2D eigenvalue weighted by molar-refractivity contribution is 7.89. The van der Waals surface area contributed by atoms with Gasteiger partial charge in [-0.2, -0.15) is 4.31 Å². The van der Waals surface area contributed by atoms with Gasteiger partial charge in [-0.1, -0.05) is 6.07 Å². The van der Waals surface area contributed by atoms with Crippen molar-refractivity contribution in [3.05, 3.63) is 29.3 Å².